The zero-order valence-electron chi connectivity index (χ0n) is 16.5. The summed E-state index contributed by atoms with van der Waals surface area (Å²) >= 11 is 0. The molecule has 2 heterocycles. The van der Waals surface area contributed by atoms with Crippen LogP contribution in [0, 0.1) is 0 Å². The average Bonchev–Trinajstić information content (AvgIpc) is 3.26. The molecule has 1 aliphatic rings. The molecule has 1 fully saturated rings. The fourth-order valence-electron chi connectivity index (χ4n) is 3.16. The minimum Gasteiger partial charge on any atom is -0.321 e. The Bertz CT molecular complexity index is 1120. The Kier molecular flexibility index (Phi) is 5.62. The predicted molar refractivity (Wildman–Crippen MR) is 112 cm³/mol. The van der Waals surface area contributed by atoms with Gasteiger partial charge in [-0.25, -0.2) is 13.1 Å². The Morgan fingerprint density at radius 1 is 0.967 bits per heavy atom. The van der Waals surface area contributed by atoms with Gasteiger partial charge >= 0.3 is 0 Å². The summed E-state index contributed by atoms with van der Waals surface area (Å²) < 4.78 is 28.6. The van der Waals surface area contributed by atoms with Crippen LogP contribution in [0.1, 0.15) is 10.5 Å². The Labute approximate surface area is 175 Å². The number of rotatable bonds is 5. The number of hydrogen-bond donors (Lipinski definition) is 1. The molecule has 9 nitrogen and oxygen atoms in total. The van der Waals surface area contributed by atoms with Crippen LogP contribution in [0.2, 0.25) is 0 Å². The first-order valence-electron chi connectivity index (χ1n) is 9.51. The number of amides is 1. The zero-order valence-corrected chi connectivity index (χ0v) is 17.3. The third kappa shape index (κ3) is 4.25. The molecular formula is C20H22N6O3S. The molecule has 0 spiro atoms. The number of piperazine rings is 1. The van der Waals surface area contributed by atoms with E-state index in [2.05, 4.69) is 20.5 Å². The van der Waals surface area contributed by atoms with E-state index < -0.39 is 15.9 Å². The second-order valence-corrected chi connectivity index (χ2v) is 9.01. The lowest BCUT2D eigenvalue weighted by Crippen LogP contribution is -2.46. The van der Waals surface area contributed by atoms with Crippen LogP contribution in [-0.4, -0.2) is 71.8 Å². The van der Waals surface area contributed by atoms with Crippen LogP contribution in [-0.2, 0) is 10.0 Å². The molecule has 10 heteroatoms. The molecule has 156 valence electrons. The Morgan fingerprint density at radius 3 is 2.30 bits per heavy atom. The van der Waals surface area contributed by atoms with E-state index >= 15 is 0 Å². The molecular weight excluding hydrogens is 404 g/mol. The number of benzene rings is 2. The van der Waals surface area contributed by atoms with Gasteiger partial charge in [-0.3, -0.25) is 4.79 Å². The minimum absolute atomic E-state index is 0.160. The fraction of sp³-hybridized carbons (Fsp3) is 0.250. The first kappa shape index (κ1) is 20.2. The summed E-state index contributed by atoms with van der Waals surface area (Å²) in [5, 5.41) is 10.6. The van der Waals surface area contributed by atoms with E-state index in [1.165, 1.54) is 27.3 Å². The summed E-state index contributed by atoms with van der Waals surface area (Å²) in [4.78, 5) is 14.8. The van der Waals surface area contributed by atoms with E-state index in [1.54, 1.807) is 12.1 Å². The Hall–Kier alpha value is -3.08. The number of sulfonamides is 1. The van der Waals surface area contributed by atoms with Crippen molar-refractivity contribution in [2.24, 2.45) is 0 Å². The predicted octanol–water partition coefficient (Wildman–Crippen LogP) is 1.46. The molecule has 4 rings (SSSR count). The number of likely N-dealkylation sites (N-methyl/N-ethyl adjacent to an activating group) is 1. The minimum atomic E-state index is -3.54. The van der Waals surface area contributed by atoms with Crippen molar-refractivity contribution in [2.75, 3.05) is 38.5 Å². The molecule has 1 amide bonds. The Morgan fingerprint density at radius 2 is 1.63 bits per heavy atom. The fourth-order valence-corrected chi connectivity index (χ4v) is 4.58. The van der Waals surface area contributed by atoms with Crippen molar-refractivity contribution in [1.29, 1.82) is 0 Å². The highest BCUT2D eigenvalue weighted by atomic mass is 32.2. The monoisotopic (exact) mass is 426 g/mol. The topological polar surface area (TPSA) is 100 Å². The first-order valence-corrected chi connectivity index (χ1v) is 11.0. The molecule has 0 saturated carbocycles. The van der Waals surface area contributed by atoms with E-state index in [0.29, 0.717) is 31.9 Å². The number of aromatic nitrogens is 3. The highest BCUT2D eigenvalue weighted by Gasteiger charge is 2.27. The van der Waals surface area contributed by atoms with E-state index in [1.807, 2.05) is 37.4 Å². The van der Waals surface area contributed by atoms with Gasteiger partial charge < -0.3 is 10.2 Å². The van der Waals surface area contributed by atoms with Gasteiger partial charge in [0.15, 0.2) is 5.69 Å². The van der Waals surface area contributed by atoms with E-state index in [9.17, 15) is 13.2 Å². The normalized spacial score (nSPS) is 15.8. The number of hydrogen-bond acceptors (Lipinski definition) is 6. The maximum atomic E-state index is 12.8. The number of carbonyl (C=O) groups excluding carboxylic acids is 1. The van der Waals surface area contributed by atoms with Crippen LogP contribution in [0.5, 0.6) is 0 Å². The van der Waals surface area contributed by atoms with Gasteiger partial charge in [-0.15, -0.1) is 5.10 Å². The van der Waals surface area contributed by atoms with E-state index in [4.69, 9.17) is 0 Å². The van der Waals surface area contributed by atoms with Crippen molar-refractivity contribution in [3.05, 3.63) is 66.5 Å². The van der Waals surface area contributed by atoms with Crippen molar-refractivity contribution in [3.63, 3.8) is 0 Å². The van der Waals surface area contributed by atoms with Crippen LogP contribution < -0.4 is 5.32 Å². The van der Waals surface area contributed by atoms with Crippen molar-refractivity contribution >= 4 is 21.6 Å². The molecule has 1 aliphatic heterocycles. The first-order chi connectivity index (χ1) is 14.4. The third-order valence-corrected chi connectivity index (χ3v) is 6.87. The summed E-state index contributed by atoms with van der Waals surface area (Å²) in [6, 6.07) is 15.5. The van der Waals surface area contributed by atoms with Crippen LogP contribution in [0.25, 0.3) is 5.69 Å². The molecule has 1 saturated heterocycles. The van der Waals surface area contributed by atoms with E-state index in [-0.39, 0.29) is 10.6 Å². The van der Waals surface area contributed by atoms with Crippen LogP contribution in [0.4, 0.5) is 5.69 Å². The van der Waals surface area contributed by atoms with Gasteiger partial charge in [0.25, 0.3) is 5.91 Å². The summed E-state index contributed by atoms with van der Waals surface area (Å²) in [5.74, 6) is -0.424. The molecule has 0 atom stereocenters. The van der Waals surface area contributed by atoms with Gasteiger partial charge in [0.05, 0.1) is 16.8 Å². The quantitative estimate of drug-likeness (QED) is 0.663. The van der Waals surface area contributed by atoms with Crippen molar-refractivity contribution < 1.29 is 13.2 Å². The summed E-state index contributed by atoms with van der Waals surface area (Å²) in [6.07, 6.45) is 1.54. The van der Waals surface area contributed by atoms with Gasteiger partial charge in [0.2, 0.25) is 10.0 Å². The molecule has 0 radical (unpaired) electrons. The van der Waals surface area contributed by atoms with Gasteiger partial charge in [-0.2, -0.15) is 4.31 Å². The standard InChI is InChI=1S/C20H22N6O3S/c1-24-11-13-25(14-12-24)30(28,29)18-9-7-16(8-10-18)21-20(27)19-15-26(23-22-19)17-5-3-2-4-6-17/h2-10,15H,11-14H2,1H3,(H,21,27). The number of nitrogens with zero attached hydrogens (tertiary/aromatic N) is 5. The molecule has 2 aromatic carbocycles. The maximum Gasteiger partial charge on any atom is 0.277 e. The maximum absolute atomic E-state index is 12.8. The number of carbonyl (C=O) groups is 1. The molecule has 0 unspecified atom stereocenters. The summed E-state index contributed by atoms with van der Waals surface area (Å²) in [5.41, 5.74) is 1.43. The molecule has 0 bridgehead atoms. The van der Waals surface area contributed by atoms with Gasteiger partial charge in [-0.05, 0) is 43.4 Å². The second kappa shape index (κ2) is 8.34. The lowest BCUT2D eigenvalue weighted by molar-refractivity contribution is 0.102. The van der Waals surface area contributed by atoms with Gasteiger partial charge in [-0.1, -0.05) is 23.4 Å². The van der Waals surface area contributed by atoms with Crippen molar-refractivity contribution in [3.8, 4) is 5.69 Å². The van der Waals surface area contributed by atoms with Crippen LogP contribution >= 0.6 is 0 Å². The number of para-hydroxylation sites is 1. The highest BCUT2D eigenvalue weighted by molar-refractivity contribution is 7.89. The number of nitrogens with one attached hydrogen (secondary N) is 1. The van der Waals surface area contributed by atoms with Gasteiger partial charge in [0.1, 0.15) is 0 Å². The van der Waals surface area contributed by atoms with Crippen LogP contribution in [0.15, 0.2) is 65.7 Å². The average molecular weight is 427 g/mol. The Balaban J connectivity index is 1.43. The molecule has 1 aromatic heterocycles. The lowest BCUT2D eigenvalue weighted by Gasteiger charge is -2.31. The van der Waals surface area contributed by atoms with Crippen molar-refractivity contribution in [2.45, 2.75) is 4.90 Å². The number of anilines is 1. The molecule has 3 aromatic rings. The van der Waals surface area contributed by atoms with Crippen molar-refractivity contribution in [1.82, 2.24) is 24.2 Å². The third-order valence-electron chi connectivity index (χ3n) is 4.96. The molecule has 0 aliphatic carbocycles. The highest BCUT2D eigenvalue weighted by Crippen LogP contribution is 2.20. The SMILES string of the molecule is CN1CCN(S(=O)(=O)c2ccc(NC(=O)c3cn(-c4ccccc4)nn3)cc2)CC1. The van der Waals surface area contributed by atoms with Crippen LogP contribution in [0.3, 0.4) is 0 Å². The largest absolute Gasteiger partial charge is 0.321 e. The zero-order chi connectivity index (χ0) is 21.1. The summed E-state index contributed by atoms with van der Waals surface area (Å²) in [7, 11) is -1.57. The van der Waals surface area contributed by atoms with E-state index in [0.717, 1.165) is 5.69 Å². The molecule has 30 heavy (non-hydrogen) atoms. The van der Waals surface area contributed by atoms with Gasteiger partial charge in [0, 0.05) is 31.9 Å². The molecule has 1 N–H and O–H groups in total. The summed E-state index contributed by atoms with van der Waals surface area (Å²) in [6.45, 7) is 2.34. The lowest BCUT2D eigenvalue weighted by atomic mass is 10.3. The smallest absolute Gasteiger partial charge is 0.277 e. The second-order valence-electron chi connectivity index (χ2n) is 7.07.